The average Bonchev–Trinajstić information content (AvgIpc) is 2.98. The molecule has 2 heterocycles. The topological polar surface area (TPSA) is 78.0 Å². The van der Waals surface area contributed by atoms with Gasteiger partial charge in [0.15, 0.2) is 16.3 Å². The van der Waals surface area contributed by atoms with Crippen molar-refractivity contribution in [3.05, 3.63) is 38.9 Å². The molecule has 0 unspecified atom stereocenters. The minimum absolute atomic E-state index is 0.0660. The SMILES string of the molecule is Cn1c(O)c(C=Nc2ccc3c(c2)OCO3)c(=O)n(C)c1=S. The summed E-state index contributed by atoms with van der Waals surface area (Å²) >= 11 is 5.05. The van der Waals surface area contributed by atoms with Gasteiger partial charge < -0.3 is 14.6 Å². The molecule has 7 nitrogen and oxygen atoms in total. The molecule has 1 aromatic heterocycles. The zero-order valence-corrected chi connectivity index (χ0v) is 12.8. The molecule has 0 atom stereocenters. The van der Waals surface area contributed by atoms with Crippen LogP contribution in [-0.4, -0.2) is 27.2 Å². The van der Waals surface area contributed by atoms with E-state index >= 15 is 0 Å². The number of benzene rings is 1. The summed E-state index contributed by atoms with van der Waals surface area (Å²) in [5.41, 5.74) is 0.233. The number of ether oxygens (including phenoxy) is 2. The second kappa shape index (κ2) is 5.30. The lowest BCUT2D eigenvalue weighted by molar-refractivity contribution is 0.174. The first-order valence-corrected chi connectivity index (χ1v) is 6.82. The van der Waals surface area contributed by atoms with Crippen LogP contribution in [-0.2, 0) is 14.1 Å². The lowest BCUT2D eigenvalue weighted by Crippen LogP contribution is -2.25. The van der Waals surface area contributed by atoms with Crippen LogP contribution in [0.5, 0.6) is 17.4 Å². The van der Waals surface area contributed by atoms with Crippen LogP contribution < -0.4 is 15.0 Å². The number of hydrogen-bond donors (Lipinski definition) is 1. The number of fused-ring (bicyclic) bond motifs is 1. The fourth-order valence-corrected chi connectivity index (χ4v) is 2.25. The molecule has 2 aromatic rings. The third-order valence-electron chi connectivity index (χ3n) is 3.37. The van der Waals surface area contributed by atoms with Gasteiger partial charge in [-0.05, 0) is 24.4 Å². The number of aromatic nitrogens is 2. The summed E-state index contributed by atoms with van der Waals surface area (Å²) in [5, 5.41) is 10.1. The van der Waals surface area contributed by atoms with Crippen molar-refractivity contribution < 1.29 is 14.6 Å². The Morgan fingerprint density at radius 2 is 2.00 bits per heavy atom. The Bertz CT molecular complexity index is 898. The largest absolute Gasteiger partial charge is 0.494 e. The Morgan fingerprint density at radius 1 is 1.27 bits per heavy atom. The minimum Gasteiger partial charge on any atom is -0.494 e. The van der Waals surface area contributed by atoms with Crippen LogP contribution in [0, 0.1) is 4.77 Å². The molecule has 1 N–H and O–H groups in total. The molecule has 1 aliphatic rings. The van der Waals surface area contributed by atoms with E-state index in [0.717, 1.165) is 0 Å². The normalized spacial score (nSPS) is 13.0. The molecule has 0 radical (unpaired) electrons. The molecule has 1 aliphatic heterocycles. The fourth-order valence-electron chi connectivity index (χ4n) is 2.08. The zero-order chi connectivity index (χ0) is 15.9. The first kappa shape index (κ1) is 14.3. The highest BCUT2D eigenvalue weighted by atomic mass is 32.1. The Morgan fingerprint density at radius 3 is 2.77 bits per heavy atom. The van der Waals surface area contributed by atoms with Crippen molar-refractivity contribution in [2.75, 3.05) is 6.79 Å². The van der Waals surface area contributed by atoms with Crippen LogP contribution in [0.2, 0.25) is 0 Å². The summed E-state index contributed by atoms with van der Waals surface area (Å²) in [6.45, 7) is 0.181. The molecule has 22 heavy (non-hydrogen) atoms. The maximum Gasteiger partial charge on any atom is 0.266 e. The van der Waals surface area contributed by atoms with Gasteiger partial charge in [-0.3, -0.25) is 18.9 Å². The van der Waals surface area contributed by atoms with Crippen molar-refractivity contribution in [1.82, 2.24) is 9.13 Å². The fraction of sp³-hybridized carbons (Fsp3) is 0.214. The van der Waals surface area contributed by atoms with Crippen molar-refractivity contribution in [3.8, 4) is 17.4 Å². The summed E-state index contributed by atoms with van der Waals surface area (Å²) in [5.74, 6) is 1.02. The summed E-state index contributed by atoms with van der Waals surface area (Å²) in [6.07, 6.45) is 1.31. The van der Waals surface area contributed by atoms with Crippen molar-refractivity contribution in [2.24, 2.45) is 19.1 Å². The van der Waals surface area contributed by atoms with Gasteiger partial charge in [-0.1, -0.05) is 0 Å². The van der Waals surface area contributed by atoms with Crippen LogP contribution in [0.4, 0.5) is 5.69 Å². The monoisotopic (exact) mass is 319 g/mol. The van der Waals surface area contributed by atoms with Gasteiger partial charge in [-0.2, -0.15) is 0 Å². The molecular weight excluding hydrogens is 306 g/mol. The number of aliphatic imine (C=N–C) groups is 1. The van der Waals surface area contributed by atoms with E-state index < -0.39 is 5.56 Å². The van der Waals surface area contributed by atoms with Crippen molar-refractivity contribution >= 4 is 24.1 Å². The van der Waals surface area contributed by atoms with Gasteiger partial charge in [0.05, 0.1) is 5.69 Å². The molecule has 0 bridgehead atoms. The van der Waals surface area contributed by atoms with Gasteiger partial charge in [0.25, 0.3) is 5.56 Å². The van der Waals surface area contributed by atoms with Gasteiger partial charge in [0.1, 0.15) is 5.56 Å². The summed E-state index contributed by atoms with van der Waals surface area (Å²) < 4.78 is 13.3. The van der Waals surface area contributed by atoms with Crippen LogP contribution in [0.1, 0.15) is 5.56 Å². The Balaban J connectivity index is 2.03. The smallest absolute Gasteiger partial charge is 0.266 e. The number of hydrogen-bond acceptors (Lipinski definition) is 6. The highest BCUT2D eigenvalue weighted by Crippen LogP contribution is 2.35. The molecule has 114 valence electrons. The number of aromatic hydroxyl groups is 1. The molecule has 0 fully saturated rings. The molecule has 0 saturated carbocycles. The highest BCUT2D eigenvalue weighted by molar-refractivity contribution is 7.71. The molecule has 0 spiro atoms. The zero-order valence-electron chi connectivity index (χ0n) is 11.9. The third kappa shape index (κ3) is 2.27. The lowest BCUT2D eigenvalue weighted by atomic mass is 10.3. The van der Waals surface area contributed by atoms with E-state index in [1.165, 1.54) is 15.3 Å². The van der Waals surface area contributed by atoms with Gasteiger partial charge in [0, 0.05) is 26.4 Å². The Kier molecular flexibility index (Phi) is 3.45. The van der Waals surface area contributed by atoms with Crippen LogP contribution >= 0.6 is 12.2 Å². The predicted octanol–water partition coefficient (Wildman–Crippen LogP) is 1.64. The maximum atomic E-state index is 12.2. The molecule has 8 heteroatoms. The highest BCUT2D eigenvalue weighted by Gasteiger charge is 2.14. The van der Waals surface area contributed by atoms with Gasteiger partial charge >= 0.3 is 0 Å². The number of nitrogens with zero attached hydrogens (tertiary/aromatic N) is 3. The maximum absolute atomic E-state index is 12.2. The number of rotatable bonds is 2. The van der Waals surface area contributed by atoms with Gasteiger partial charge in [-0.25, -0.2) is 0 Å². The van der Waals surface area contributed by atoms with Crippen LogP contribution in [0.25, 0.3) is 0 Å². The van der Waals surface area contributed by atoms with E-state index in [2.05, 4.69) is 4.99 Å². The van der Waals surface area contributed by atoms with Gasteiger partial charge in [0.2, 0.25) is 12.7 Å². The van der Waals surface area contributed by atoms with E-state index in [-0.39, 0.29) is 23.0 Å². The summed E-state index contributed by atoms with van der Waals surface area (Å²) in [6, 6.07) is 5.16. The second-order valence-electron chi connectivity index (χ2n) is 4.74. The molecule has 1 aromatic carbocycles. The van der Waals surface area contributed by atoms with E-state index in [0.29, 0.717) is 17.2 Å². The Labute approximate surface area is 130 Å². The van der Waals surface area contributed by atoms with Crippen molar-refractivity contribution in [2.45, 2.75) is 0 Å². The van der Waals surface area contributed by atoms with E-state index in [4.69, 9.17) is 21.7 Å². The van der Waals surface area contributed by atoms with E-state index in [9.17, 15) is 9.90 Å². The van der Waals surface area contributed by atoms with Gasteiger partial charge in [-0.15, -0.1) is 0 Å². The molecule has 0 aliphatic carbocycles. The first-order valence-electron chi connectivity index (χ1n) is 6.41. The Hall–Kier alpha value is -2.61. The van der Waals surface area contributed by atoms with Crippen molar-refractivity contribution in [3.63, 3.8) is 0 Å². The summed E-state index contributed by atoms with van der Waals surface area (Å²) in [4.78, 5) is 16.4. The molecule has 0 amide bonds. The quantitative estimate of drug-likeness (QED) is 0.672. The average molecular weight is 319 g/mol. The third-order valence-corrected chi connectivity index (χ3v) is 3.91. The first-order chi connectivity index (χ1) is 10.5. The molecule has 3 rings (SSSR count). The molecular formula is C14H13N3O4S. The van der Waals surface area contributed by atoms with E-state index in [1.807, 2.05) is 0 Å². The van der Waals surface area contributed by atoms with Crippen LogP contribution in [0.3, 0.4) is 0 Å². The predicted molar refractivity (Wildman–Crippen MR) is 83.0 cm³/mol. The molecule has 0 saturated heterocycles. The standard InChI is InChI=1S/C14H13N3O4S/c1-16-12(18)9(13(19)17(2)14(16)22)6-15-8-3-4-10-11(5-8)21-7-20-10/h3-6,18H,7H2,1-2H3. The van der Waals surface area contributed by atoms with Crippen LogP contribution in [0.15, 0.2) is 28.0 Å². The summed E-state index contributed by atoms with van der Waals surface area (Å²) in [7, 11) is 3.12. The van der Waals surface area contributed by atoms with Crippen molar-refractivity contribution in [1.29, 1.82) is 0 Å². The lowest BCUT2D eigenvalue weighted by Gasteiger charge is -2.09. The van der Waals surface area contributed by atoms with E-state index in [1.54, 1.807) is 32.3 Å². The minimum atomic E-state index is -0.412. The second-order valence-corrected chi connectivity index (χ2v) is 5.10.